The van der Waals surface area contributed by atoms with Crippen molar-refractivity contribution in [2.75, 3.05) is 0 Å². The Bertz CT molecular complexity index is 607. The minimum absolute atomic E-state index is 0.0184. The van der Waals surface area contributed by atoms with Gasteiger partial charge >= 0.3 is 5.97 Å². The Morgan fingerprint density at radius 1 is 1.17 bits per heavy atom. The second-order valence-electron chi connectivity index (χ2n) is 3.82. The Balaban J connectivity index is 2.38. The summed E-state index contributed by atoms with van der Waals surface area (Å²) in [5.41, 5.74) is 1.38. The number of carbonyl (C=O) groups is 2. The maximum absolute atomic E-state index is 12.1. The lowest BCUT2D eigenvalue weighted by molar-refractivity contribution is 0.0660. The van der Waals surface area contributed by atoms with E-state index in [9.17, 15) is 9.59 Å². The number of hydrogen-bond donors (Lipinski definition) is 1. The van der Waals surface area contributed by atoms with E-state index in [1.54, 1.807) is 12.1 Å². The number of carboxylic acid groups (broad SMARTS) is 1. The van der Waals surface area contributed by atoms with E-state index in [0.29, 0.717) is 5.56 Å². The van der Waals surface area contributed by atoms with Gasteiger partial charge in [-0.15, -0.1) is 0 Å². The molecule has 0 bridgehead atoms. The van der Waals surface area contributed by atoms with Gasteiger partial charge in [-0.2, -0.15) is 0 Å². The van der Waals surface area contributed by atoms with Crippen molar-refractivity contribution in [2.24, 2.45) is 0 Å². The van der Waals surface area contributed by atoms with E-state index in [2.05, 4.69) is 15.9 Å². The highest BCUT2D eigenvalue weighted by molar-refractivity contribution is 9.10. The maximum Gasteiger partial charge on any atom is 0.371 e. The molecule has 2 aromatic rings. The van der Waals surface area contributed by atoms with Gasteiger partial charge in [0.25, 0.3) is 0 Å². The molecule has 0 amide bonds. The lowest BCUT2D eigenvalue weighted by atomic mass is 10.1. The molecule has 0 aliphatic heterocycles. The number of carboxylic acids is 1. The Morgan fingerprint density at radius 2 is 1.83 bits per heavy atom. The van der Waals surface area contributed by atoms with Crippen LogP contribution in [0.3, 0.4) is 0 Å². The molecule has 0 fully saturated rings. The molecule has 0 spiro atoms. The van der Waals surface area contributed by atoms with Crippen LogP contribution in [0.1, 0.15) is 32.2 Å². The molecule has 1 N–H and O–H groups in total. The first-order valence-electron chi connectivity index (χ1n) is 5.12. The number of halogens is 1. The van der Waals surface area contributed by atoms with Crippen LogP contribution in [-0.2, 0) is 0 Å². The monoisotopic (exact) mass is 308 g/mol. The summed E-state index contributed by atoms with van der Waals surface area (Å²) < 4.78 is 5.76. The Labute approximate surface area is 111 Å². The van der Waals surface area contributed by atoms with Gasteiger partial charge in [0.05, 0.1) is 0 Å². The highest BCUT2D eigenvalue weighted by Crippen LogP contribution is 2.19. The SMILES string of the molecule is Cc1cc(Br)cc(C(=O)c2ccc(C(=O)O)o2)c1. The molecule has 0 atom stereocenters. The summed E-state index contributed by atoms with van der Waals surface area (Å²) in [4.78, 5) is 22.7. The predicted molar refractivity (Wildman–Crippen MR) is 68.0 cm³/mol. The van der Waals surface area contributed by atoms with Crippen molar-refractivity contribution >= 4 is 27.7 Å². The average molecular weight is 309 g/mol. The number of aryl methyl sites for hydroxylation is 1. The van der Waals surface area contributed by atoms with Crippen molar-refractivity contribution in [3.8, 4) is 0 Å². The minimum atomic E-state index is -1.19. The van der Waals surface area contributed by atoms with E-state index in [4.69, 9.17) is 9.52 Å². The number of rotatable bonds is 3. The molecule has 0 aliphatic carbocycles. The second-order valence-corrected chi connectivity index (χ2v) is 4.73. The normalized spacial score (nSPS) is 10.3. The number of furan rings is 1. The Hall–Kier alpha value is -1.88. The summed E-state index contributed by atoms with van der Waals surface area (Å²) in [7, 11) is 0. The van der Waals surface area contributed by atoms with E-state index in [1.807, 2.05) is 13.0 Å². The van der Waals surface area contributed by atoms with Gasteiger partial charge in [-0.3, -0.25) is 4.79 Å². The molecule has 92 valence electrons. The van der Waals surface area contributed by atoms with Gasteiger partial charge in [0.15, 0.2) is 5.76 Å². The quantitative estimate of drug-likeness (QED) is 0.884. The molecule has 1 heterocycles. The van der Waals surface area contributed by atoms with Gasteiger partial charge in [-0.25, -0.2) is 4.79 Å². The molecule has 1 aromatic carbocycles. The fraction of sp³-hybridized carbons (Fsp3) is 0.0769. The third-order valence-corrected chi connectivity index (χ3v) is 2.80. The lowest BCUT2D eigenvalue weighted by Gasteiger charge is -2.01. The zero-order valence-electron chi connectivity index (χ0n) is 9.44. The van der Waals surface area contributed by atoms with Crippen molar-refractivity contribution in [3.63, 3.8) is 0 Å². The molecular weight excluding hydrogens is 300 g/mol. The number of hydrogen-bond acceptors (Lipinski definition) is 3. The zero-order valence-corrected chi connectivity index (χ0v) is 11.0. The molecule has 2 rings (SSSR count). The van der Waals surface area contributed by atoms with Crippen molar-refractivity contribution < 1.29 is 19.1 Å². The highest BCUT2D eigenvalue weighted by Gasteiger charge is 2.17. The standard InChI is InChI=1S/C13H9BrO4/c1-7-4-8(6-9(14)5-7)12(15)10-2-3-11(18-10)13(16)17/h2-6H,1H3,(H,16,17). The topological polar surface area (TPSA) is 67.5 Å². The summed E-state index contributed by atoms with van der Waals surface area (Å²) in [6.07, 6.45) is 0. The van der Waals surface area contributed by atoms with Crippen molar-refractivity contribution in [3.05, 3.63) is 57.5 Å². The van der Waals surface area contributed by atoms with E-state index < -0.39 is 5.97 Å². The molecule has 0 saturated carbocycles. The predicted octanol–water partition coefficient (Wildman–Crippen LogP) is 3.28. The van der Waals surface area contributed by atoms with Gasteiger partial charge in [-0.1, -0.05) is 15.9 Å². The van der Waals surface area contributed by atoms with Crippen LogP contribution in [-0.4, -0.2) is 16.9 Å². The number of carbonyl (C=O) groups excluding carboxylic acids is 1. The number of benzene rings is 1. The van der Waals surface area contributed by atoms with Crippen molar-refractivity contribution in [2.45, 2.75) is 6.92 Å². The zero-order chi connectivity index (χ0) is 13.3. The first-order chi connectivity index (χ1) is 8.47. The molecule has 0 radical (unpaired) electrons. The summed E-state index contributed by atoms with van der Waals surface area (Å²) in [6.45, 7) is 1.87. The van der Waals surface area contributed by atoms with Crippen LogP contribution in [0.2, 0.25) is 0 Å². The van der Waals surface area contributed by atoms with Crippen molar-refractivity contribution in [1.82, 2.24) is 0 Å². The molecule has 4 nitrogen and oxygen atoms in total. The van der Waals surface area contributed by atoms with E-state index in [-0.39, 0.29) is 17.3 Å². The summed E-state index contributed by atoms with van der Waals surface area (Å²) in [5, 5.41) is 8.73. The molecule has 18 heavy (non-hydrogen) atoms. The lowest BCUT2D eigenvalue weighted by Crippen LogP contribution is -2.00. The molecular formula is C13H9BrO4. The first-order valence-corrected chi connectivity index (χ1v) is 5.91. The van der Waals surface area contributed by atoms with Crippen LogP contribution < -0.4 is 0 Å². The van der Waals surface area contributed by atoms with Gasteiger partial charge in [-0.05, 0) is 42.8 Å². The fourth-order valence-corrected chi connectivity index (χ4v) is 2.19. The summed E-state index contributed by atoms with van der Waals surface area (Å²) in [6, 6.07) is 7.89. The maximum atomic E-state index is 12.1. The highest BCUT2D eigenvalue weighted by atomic mass is 79.9. The van der Waals surface area contributed by atoms with Crippen LogP contribution >= 0.6 is 15.9 Å². The largest absolute Gasteiger partial charge is 0.475 e. The molecule has 5 heteroatoms. The van der Waals surface area contributed by atoms with Crippen LogP contribution in [0.25, 0.3) is 0 Å². The minimum Gasteiger partial charge on any atom is -0.475 e. The van der Waals surface area contributed by atoms with Crippen molar-refractivity contribution in [1.29, 1.82) is 0 Å². The fourth-order valence-electron chi connectivity index (χ4n) is 1.58. The number of ketones is 1. The van der Waals surface area contributed by atoms with Gasteiger partial charge in [0, 0.05) is 10.0 Å². The average Bonchev–Trinajstić information content (AvgIpc) is 2.75. The molecule has 1 aromatic heterocycles. The van der Waals surface area contributed by atoms with Crippen LogP contribution in [0, 0.1) is 6.92 Å². The summed E-state index contributed by atoms with van der Waals surface area (Å²) in [5.74, 6) is -1.76. The molecule has 0 unspecified atom stereocenters. The number of aromatic carboxylic acids is 1. The Morgan fingerprint density at radius 3 is 2.39 bits per heavy atom. The third-order valence-electron chi connectivity index (χ3n) is 2.34. The molecule has 0 saturated heterocycles. The summed E-state index contributed by atoms with van der Waals surface area (Å²) >= 11 is 3.31. The van der Waals surface area contributed by atoms with E-state index >= 15 is 0 Å². The van der Waals surface area contributed by atoms with Gasteiger partial charge in [0.2, 0.25) is 11.5 Å². The van der Waals surface area contributed by atoms with Gasteiger partial charge < -0.3 is 9.52 Å². The Kier molecular flexibility index (Phi) is 3.34. The van der Waals surface area contributed by atoms with Crippen LogP contribution in [0.5, 0.6) is 0 Å². The van der Waals surface area contributed by atoms with Gasteiger partial charge in [0.1, 0.15) is 0 Å². The molecule has 0 aliphatic rings. The smallest absolute Gasteiger partial charge is 0.371 e. The first kappa shape index (κ1) is 12.6. The van der Waals surface area contributed by atoms with E-state index in [1.165, 1.54) is 12.1 Å². The second kappa shape index (κ2) is 4.78. The van der Waals surface area contributed by atoms with E-state index in [0.717, 1.165) is 10.0 Å². The van der Waals surface area contributed by atoms with Crippen LogP contribution in [0.4, 0.5) is 0 Å². The third kappa shape index (κ3) is 2.51. The van der Waals surface area contributed by atoms with Crippen LogP contribution in [0.15, 0.2) is 39.2 Å².